The summed E-state index contributed by atoms with van der Waals surface area (Å²) in [6, 6.07) is 0.447. The zero-order valence-corrected chi connectivity index (χ0v) is 11.3. The summed E-state index contributed by atoms with van der Waals surface area (Å²) in [5.74, 6) is -0.802. The van der Waals surface area contributed by atoms with Gasteiger partial charge in [0.1, 0.15) is 23.6 Å². The molecule has 9 nitrogen and oxygen atoms in total. The number of hydrogen-bond donors (Lipinski definition) is 3. The second-order valence-corrected chi connectivity index (χ2v) is 3.90. The Morgan fingerprint density at radius 1 is 1.40 bits per heavy atom. The second-order valence-electron chi connectivity index (χ2n) is 3.90. The van der Waals surface area contributed by atoms with Crippen LogP contribution in [0.1, 0.15) is 17.3 Å². The molecule has 3 N–H and O–H groups in total. The first-order valence-electron chi connectivity index (χ1n) is 5.75. The molecule has 0 bridgehead atoms. The first-order chi connectivity index (χ1) is 9.40. The Bertz CT molecular complexity index is 546. The maximum Gasteiger partial charge on any atom is 0.300 e. The smallest absolute Gasteiger partial charge is 0.300 e. The fourth-order valence-electron chi connectivity index (χ4n) is 1.47. The molecule has 0 aromatic carbocycles. The van der Waals surface area contributed by atoms with Crippen molar-refractivity contribution in [1.82, 2.24) is 15.6 Å². The van der Waals surface area contributed by atoms with Gasteiger partial charge >= 0.3 is 0 Å². The molecular weight excluding hydrogens is 266 g/mol. The minimum Gasteiger partial charge on any atom is -0.373 e. The predicted octanol–water partition coefficient (Wildman–Crippen LogP) is -0.104. The normalized spacial score (nSPS) is 11.3. The van der Waals surface area contributed by atoms with Crippen LogP contribution in [-0.2, 0) is 4.79 Å². The number of hydrogen-bond acceptors (Lipinski definition) is 6. The summed E-state index contributed by atoms with van der Waals surface area (Å²) in [5.41, 5.74) is -0.587. The molecule has 1 unspecified atom stereocenters. The van der Waals surface area contributed by atoms with E-state index in [1.807, 2.05) is 0 Å². The molecule has 0 aliphatic carbocycles. The van der Waals surface area contributed by atoms with Gasteiger partial charge in [-0.2, -0.15) is 0 Å². The third-order valence-corrected chi connectivity index (χ3v) is 2.57. The number of nitrogens with one attached hydrogen (secondary N) is 3. The fourth-order valence-corrected chi connectivity index (χ4v) is 1.47. The number of rotatable bonds is 5. The Morgan fingerprint density at radius 2 is 2.05 bits per heavy atom. The molecule has 108 valence electrons. The number of pyridine rings is 1. The molecule has 0 saturated heterocycles. The van der Waals surface area contributed by atoms with Crippen LogP contribution in [0.4, 0.5) is 11.5 Å². The van der Waals surface area contributed by atoms with E-state index in [0.717, 1.165) is 6.20 Å². The number of likely N-dealkylation sites (N-methyl/N-ethyl adjacent to an activating group) is 1. The molecule has 0 spiro atoms. The van der Waals surface area contributed by atoms with Gasteiger partial charge in [0.15, 0.2) is 0 Å². The first kappa shape index (κ1) is 15.3. The molecule has 1 heterocycles. The third-order valence-electron chi connectivity index (χ3n) is 2.57. The van der Waals surface area contributed by atoms with Gasteiger partial charge in [0.05, 0.1) is 4.92 Å². The van der Waals surface area contributed by atoms with Crippen molar-refractivity contribution in [2.75, 3.05) is 19.4 Å². The average Bonchev–Trinajstić information content (AvgIpc) is 2.45. The van der Waals surface area contributed by atoms with Gasteiger partial charge in [-0.1, -0.05) is 0 Å². The molecule has 2 amide bonds. The van der Waals surface area contributed by atoms with E-state index in [-0.39, 0.29) is 5.56 Å². The summed E-state index contributed by atoms with van der Waals surface area (Å²) in [6.45, 7) is 1.47. The van der Waals surface area contributed by atoms with Crippen molar-refractivity contribution >= 4 is 23.3 Å². The summed E-state index contributed by atoms with van der Waals surface area (Å²) in [7, 11) is 3.00. The molecule has 0 radical (unpaired) electrons. The third kappa shape index (κ3) is 3.40. The number of aromatic nitrogens is 1. The zero-order valence-electron chi connectivity index (χ0n) is 11.3. The van der Waals surface area contributed by atoms with E-state index in [0.29, 0.717) is 5.82 Å². The van der Waals surface area contributed by atoms with E-state index in [2.05, 4.69) is 20.9 Å². The maximum absolute atomic E-state index is 12.0. The van der Waals surface area contributed by atoms with Crippen LogP contribution < -0.4 is 16.0 Å². The van der Waals surface area contributed by atoms with Crippen molar-refractivity contribution in [1.29, 1.82) is 0 Å². The van der Waals surface area contributed by atoms with Crippen molar-refractivity contribution < 1.29 is 14.5 Å². The Morgan fingerprint density at radius 3 is 2.55 bits per heavy atom. The van der Waals surface area contributed by atoms with Crippen LogP contribution in [0.2, 0.25) is 0 Å². The zero-order chi connectivity index (χ0) is 15.3. The van der Waals surface area contributed by atoms with E-state index in [4.69, 9.17) is 0 Å². The number of anilines is 1. The van der Waals surface area contributed by atoms with E-state index >= 15 is 0 Å². The van der Waals surface area contributed by atoms with Gasteiger partial charge in [-0.15, -0.1) is 0 Å². The van der Waals surface area contributed by atoms with Gasteiger partial charge in [0, 0.05) is 20.2 Å². The van der Waals surface area contributed by atoms with Crippen LogP contribution in [0.3, 0.4) is 0 Å². The highest BCUT2D eigenvalue weighted by atomic mass is 16.6. The number of amides is 2. The Labute approximate surface area is 114 Å². The lowest BCUT2D eigenvalue weighted by Gasteiger charge is -2.12. The first-order valence-corrected chi connectivity index (χ1v) is 5.75. The summed E-state index contributed by atoms with van der Waals surface area (Å²) in [6.07, 6.45) is 0.991. The van der Waals surface area contributed by atoms with Gasteiger partial charge in [-0.05, 0) is 6.92 Å². The highest BCUT2D eigenvalue weighted by Gasteiger charge is 2.24. The Kier molecular flexibility index (Phi) is 4.95. The molecule has 1 aromatic heterocycles. The van der Waals surface area contributed by atoms with Gasteiger partial charge in [-0.25, -0.2) is 4.98 Å². The van der Waals surface area contributed by atoms with Crippen LogP contribution >= 0.6 is 0 Å². The van der Waals surface area contributed by atoms with Gasteiger partial charge in [-0.3, -0.25) is 19.7 Å². The number of carbonyl (C=O) groups is 2. The Balaban J connectivity index is 3.07. The lowest BCUT2D eigenvalue weighted by molar-refractivity contribution is -0.385. The van der Waals surface area contributed by atoms with Crippen molar-refractivity contribution in [2.24, 2.45) is 0 Å². The van der Waals surface area contributed by atoms with Gasteiger partial charge in [0.25, 0.3) is 11.6 Å². The lowest BCUT2D eigenvalue weighted by Crippen LogP contribution is -2.43. The molecule has 1 rings (SSSR count). The number of nitro groups is 1. The standard InChI is InChI=1S/C11H15N5O4/c1-6(10(17)13-3)15-11(18)7-4-9(12-2)14-5-8(7)16(19)20/h4-6H,1-3H3,(H,12,14)(H,13,17)(H,15,18). The molecule has 20 heavy (non-hydrogen) atoms. The van der Waals surface area contributed by atoms with Crippen molar-refractivity contribution in [3.63, 3.8) is 0 Å². The van der Waals surface area contributed by atoms with Crippen molar-refractivity contribution in [3.8, 4) is 0 Å². The highest BCUT2D eigenvalue weighted by Crippen LogP contribution is 2.20. The topological polar surface area (TPSA) is 126 Å². The largest absolute Gasteiger partial charge is 0.373 e. The molecule has 0 aliphatic rings. The Hall–Kier alpha value is -2.71. The van der Waals surface area contributed by atoms with Crippen LogP contribution in [0.15, 0.2) is 12.3 Å². The minimum absolute atomic E-state index is 0.162. The molecule has 0 fully saturated rings. The highest BCUT2D eigenvalue weighted by molar-refractivity contribution is 6.01. The fraction of sp³-hybridized carbons (Fsp3) is 0.364. The minimum atomic E-state index is -0.807. The molecule has 1 aromatic rings. The molecule has 0 aliphatic heterocycles. The maximum atomic E-state index is 12.0. The quantitative estimate of drug-likeness (QED) is 0.511. The summed E-state index contributed by atoms with van der Waals surface area (Å²) in [4.78, 5) is 37.3. The predicted molar refractivity (Wildman–Crippen MR) is 71.4 cm³/mol. The van der Waals surface area contributed by atoms with E-state index < -0.39 is 28.5 Å². The second kappa shape index (κ2) is 6.45. The summed E-state index contributed by atoms with van der Waals surface area (Å²) in [5, 5.41) is 18.3. The lowest BCUT2D eigenvalue weighted by atomic mass is 10.2. The summed E-state index contributed by atoms with van der Waals surface area (Å²) >= 11 is 0. The average molecular weight is 281 g/mol. The monoisotopic (exact) mass is 281 g/mol. The van der Waals surface area contributed by atoms with Crippen LogP contribution in [0.5, 0.6) is 0 Å². The molecular formula is C11H15N5O4. The van der Waals surface area contributed by atoms with Crippen molar-refractivity contribution in [2.45, 2.75) is 13.0 Å². The molecule has 0 saturated carbocycles. The van der Waals surface area contributed by atoms with E-state index in [1.54, 1.807) is 7.05 Å². The van der Waals surface area contributed by atoms with E-state index in [9.17, 15) is 19.7 Å². The van der Waals surface area contributed by atoms with Crippen LogP contribution in [0.25, 0.3) is 0 Å². The number of carbonyl (C=O) groups excluding carboxylic acids is 2. The van der Waals surface area contributed by atoms with Gasteiger partial charge in [0.2, 0.25) is 5.91 Å². The van der Waals surface area contributed by atoms with Crippen LogP contribution in [-0.4, -0.2) is 41.9 Å². The van der Waals surface area contributed by atoms with Crippen LogP contribution in [0, 0.1) is 10.1 Å². The number of nitrogens with zero attached hydrogens (tertiary/aromatic N) is 2. The molecule has 9 heteroatoms. The summed E-state index contributed by atoms with van der Waals surface area (Å²) < 4.78 is 0. The van der Waals surface area contributed by atoms with E-state index in [1.165, 1.54) is 20.0 Å². The van der Waals surface area contributed by atoms with Gasteiger partial charge < -0.3 is 16.0 Å². The SMILES string of the molecule is CNC(=O)C(C)NC(=O)c1cc(NC)ncc1[N+](=O)[O-]. The molecule has 1 atom stereocenters. The van der Waals surface area contributed by atoms with Crippen molar-refractivity contribution in [3.05, 3.63) is 27.9 Å².